The quantitative estimate of drug-likeness (QED) is 0.0328. The number of hydrogen-bond acceptors (Lipinski definition) is 22. The van der Waals surface area contributed by atoms with Crippen molar-refractivity contribution in [2.24, 2.45) is 7.05 Å². The standard InChI is InChI=1S/C28H24N2O3S.C27H23FN4O2S.C26H19FN2O3S.C26H20N2O3S/c1-2-15-30-17-21(29-18-30)8-3-19-4-12-24(13-5-19)33-27-25-14-11-23(32)16-26(25)34-28(27)20-6-9-22(31)10-7-20;1-3-14-32-25(29-30-31-32)13-6-18-4-9-21(10-5-18)34-26-23-12-8-20(33)16-24(23)35-27(26)22-11-7-19(28)15-17(22)2;1-15-13-18(27)6-10-21(15)26-25(22-11-7-19(30)14-23(22)33-26)32-20-8-3-17(4-9-20)5-12-24-29-28-16(2)31-24;1-28-15-19(27-16-28)7-2-17-3-11-22(12-4-17)31-25-23-13-10-21(30)14-24(23)32-26(25)18-5-8-20(29)9-6-18/h3-14,16-18,31-32H,2,15H2,1H3;4-13,15-16,33H,3,14H2,1-2H3;3-14,30H,1-2H3;2-16,29-30H,1H3/b8-3+;13-6+;12-5+;7-2+. The number of aromatic nitrogens is 10. The molecule has 0 saturated heterocycles. The number of thiophene rings is 4. The first kappa shape index (κ1) is 89.9. The zero-order valence-corrected chi connectivity index (χ0v) is 76.4. The molecular formula is C107H86F2N10O11S4. The molecule has 0 aliphatic heterocycles. The van der Waals surface area contributed by atoms with Gasteiger partial charge in [0.2, 0.25) is 11.8 Å². The van der Waals surface area contributed by atoms with Crippen LogP contribution in [-0.4, -0.2) is 80.1 Å². The van der Waals surface area contributed by atoms with Crippen LogP contribution in [0.1, 0.15) is 89.1 Å². The van der Waals surface area contributed by atoms with Crippen LogP contribution >= 0.6 is 45.3 Å². The zero-order valence-electron chi connectivity index (χ0n) is 73.1. The van der Waals surface area contributed by atoms with Gasteiger partial charge in [0, 0.05) is 85.9 Å². The average molecular weight is 1850 g/mol. The zero-order chi connectivity index (χ0) is 92.9. The van der Waals surface area contributed by atoms with E-state index in [2.05, 4.69) is 54.1 Å². The summed E-state index contributed by atoms with van der Waals surface area (Å²) in [5.41, 5.74) is 11.2. The number of benzene rings is 12. The van der Waals surface area contributed by atoms with E-state index in [0.717, 1.165) is 170 Å². The molecule has 20 rings (SSSR count). The van der Waals surface area contributed by atoms with Gasteiger partial charge in [0.1, 0.15) is 69.1 Å². The Bertz CT molecular complexity index is 7680. The number of hydrogen-bond donors (Lipinski definition) is 6. The third kappa shape index (κ3) is 21.8. The smallest absolute Gasteiger partial charge is 0.240 e. The van der Waals surface area contributed by atoms with E-state index in [0.29, 0.717) is 46.4 Å². The van der Waals surface area contributed by atoms with Gasteiger partial charge in [0.05, 0.1) is 43.6 Å². The minimum Gasteiger partial charge on any atom is -0.508 e. The Morgan fingerprint density at radius 2 is 0.731 bits per heavy atom. The molecule has 6 N–H and O–H groups in total. The molecule has 0 aliphatic carbocycles. The van der Waals surface area contributed by atoms with Crippen LogP contribution in [0.3, 0.4) is 0 Å². The van der Waals surface area contributed by atoms with Crippen molar-refractivity contribution < 1.29 is 62.8 Å². The number of aryl methyl sites for hydroxylation is 6. The fraction of sp³-hybridized carbons (Fsp3) is 0.0935. The molecular weight excluding hydrogens is 1770 g/mol. The Morgan fingerprint density at radius 3 is 1.10 bits per heavy atom. The van der Waals surface area contributed by atoms with Crippen LogP contribution in [0.5, 0.6) is 80.5 Å². The first-order chi connectivity index (χ1) is 65.1. The largest absolute Gasteiger partial charge is 0.508 e. The molecule has 0 bridgehead atoms. The van der Waals surface area contributed by atoms with Crippen molar-refractivity contribution in [2.45, 2.75) is 60.5 Å². The first-order valence-corrected chi connectivity index (χ1v) is 45.9. The van der Waals surface area contributed by atoms with Crippen molar-refractivity contribution in [3.05, 3.63) is 354 Å². The molecule has 21 nitrogen and oxygen atoms in total. The Hall–Kier alpha value is -16.1. The number of tetrazole rings is 1. The van der Waals surface area contributed by atoms with Crippen LogP contribution in [-0.2, 0) is 20.1 Å². The normalized spacial score (nSPS) is 11.5. The molecule has 8 heterocycles. The SMILES string of the molecule is CCCn1cnc(/C=C/c2ccc(Oc3c(-c4ccc(O)cc4)sc4cc(O)ccc34)cc2)c1.CCCn1nnnc1/C=C/c1ccc(Oc2c(-c3ccc(F)cc3C)sc3cc(O)ccc23)cc1.Cc1nnc(/C=C/c2ccc(Oc3c(-c4ccc(F)cc4C)sc4cc(O)ccc34)cc2)o1.Cn1cnc(/C=C/c2ccc(Oc3c(-c4ccc(O)cc4)sc4cc(O)ccc34)cc2)c1. The second-order valence-electron chi connectivity index (χ2n) is 31.2. The lowest BCUT2D eigenvalue weighted by Crippen LogP contribution is -2.01. The molecule has 0 atom stereocenters. The molecule has 0 spiro atoms. The number of phenols is 6. The molecule has 668 valence electrons. The molecule has 0 saturated carbocycles. The lowest BCUT2D eigenvalue weighted by atomic mass is 10.1. The Labute approximate surface area is 784 Å². The van der Waals surface area contributed by atoms with Crippen molar-refractivity contribution in [3.8, 4) is 122 Å². The van der Waals surface area contributed by atoms with Crippen LogP contribution in [0.4, 0.5) is 8.78 Å². The second-order valence-corrected chi connectivity index (χ2v) is 35.4. The summed E-state index contributed by atoms with van der Waals surface area (Å²) in [7, 11) is 1.94. The van der Waals surface area contributed by atoms with Crippen molar-refractivity contribution in [3.63, 3.8) is 0 Å². The third-order valence-corrected chi connectivity index (χ3v) is 25.9. The van der Waals surface area contributed by atoms with Gasteiger partial charge in [-0.1, -0.05) is 92.7 Å². The molecule has 8 aromatic heterocycles. The number of phenolic OH excluding ortho intramolecular Hbond substituents is 6. The van der Waals surface area contributed by atoms with Gasteiger partial charge >= 0.3 is 0 Å². The van der Waals surface area contributed by atoms with Crippen molar-refractivity contribution in [1.29, 1.82) is 0 Å². The topological polar surface area (TPSA) is 276 Å². The van der Waals surface area contributed by atoms with Crippen LogP contribution < -0.4 is 18.9 Å². The molecule has 0 aliphatic rings. The van der Waals surface area contributed by atoms with Gasteiger partial charge in [0.15, 0.2) is 28.8 Å². The molecule has 0 radical (unpaired) electrons. The summed E-state index contributed by atoms with van der Waals surface area (Å²) >= 11 is 6.09. The van der Waals surface area contributed by atoms with Crippen molar-refractivity contribution >= 4 is 134 Å². The van der Waals surface area contributed by atoms with E-state index < -0.39 is 0 Å². The summed E-state index contributed by atoms with van der Waals surface area (Å²) in [6, 6.07) is 75.6. The molecule has 12 aromatic carbocycles. The van der Waals surface area contributed by atoms with E-state index in [-0.39, 0.29) is 46.1 Å². The van der Waals surface area contributed by atoms with Crippen molar-refractivity contribution in [1.82, 2.24) is 49.5 Å². The molecule has 27 heteroatoms. The Kier molecular flexibility index (Phi) is 27.5. The third-order valence-electron chi connectivity index (χ3n) is 21.2. The molecule has 0 amide bonds. The summed E-state index contributed by atoms with van der Waals surface area (Å²) in [4.78, 5) is 12.3. The van der Waals surface area contributed by atoms with E-state index in [9.17, 15) is 39.4 Å². The number of ether oxygens (including phenoxy) is 4. The minimum absolute atomic E-state index is 0.185. The fourth-order valence-electron chi connectivity index (χ4n) is 14.6. The highest BCUT2D eigenvalue weighted by molar-refractivity contribution is 7.24. The Balaban J connectivity index is 0.000000124. The first-order valence-electron chi connectivity index (χ1n) is 42.7. The minimum atomic E-state index is -0.281. The van der Waals surface area contributed by atoms with Crippen molar-refractivity contribution in [2.75, 3.05) is 0 Å². The second kappa shape index (κ2) is 40.9. The van der Waals surface area contributed by atoms with Gasteiger partial charge in [-0.3, -0.25) is 0 Å². The van der Waals surface area contributed by atoms with Gasteiger partial charge < -0.3 is 63.1 Å². The van der Waals surface area contributed by atoms with Gasteiger partial charge in [0.25, 0.3) is 0 Å². The number of aromatic hydroxyl groups is 6. The summed E-state index contributed by atoms with van der Waals surface area (Å²) < 4.78 is 67.6. The monoisotopic (exact) mass is 1850 g/mol. The van der Waals surface area contributed by atoms with Gasteiger partial charge in [-0.25, -0.2) is 23.4 Å². The number of rotatable bonds is 24. The van der Waals surface area contributed by atoms with Gasteiger partial charge in [-0.05, 0) is 311 Å². The molecule has 0 unspecified atom stereocenters. The summed E-state index contributed by atoms with van der Waals surface area (Å²) in [6.07, 6.45) is 25.2. The summed E-state index contributed by atoms with van der Waals surface area (Å²) in [5, 5.41) is 82.3. The predicted molar refractivity (Wildman–Crippen MR) is 533 cm³/mol. The maximum atomic E-state index is 13.7. The van der Waals surface area contributed by atoms with Gasteiger partial charge in [-0.15, -0.1) is 60.6 Å². The highest BCUT2D eigenvalue weighted by atomic mass is 32.1. The van der Waals surface area contributed by atoms with E-state index in [1.165, 1.54) is 46.9 Å². The number of imidazole rings is 2. The lowest BCUT2D eigenvalue weighted by Gasteiger charge is -2.10. The molecule has 20 aromatic rings. The average Bonchev–Trinajstić information content (AvgIpc) is 1.64. The van der Waals surface area contributed by atoms with E-state index in [1.807, 2.05) is 232 Å². The number of fused-ring (bicyclic) bond motifs is 4. The lowest BCUT2D eigenvalue weighted by molar-refractivity contribution is 0.474. The Morgan fingerprint density at radius 1 is 0.366 bits per heavy atom. The summed E-state index contributed by atoms with van der Waals surface area (Å²) in [6.45, 7) is 11.5. The highest BCUT2D eigenvalue weighted by Crippen LogP contribution is 2.53. The highest BCUT2D eigenvalue weighted by Gasteiger charge is 2.24. The predicted octanol–water partition coefficient (Wildman–Crippen LogP) is 28.7. The van der Waals surface area contributed by atoms with Gasteiger partial charge in [-0.2, -0.15) is 0 Å². The van der Waals surface area contributed by atoms with E-state index >= 15 is 0 Å². The molecule has 0 fully saturated rings. The number of nitrogens with zero attached hydrogens (tertiary/aromatic N) is 10. The molecule has 134 heavy (non-hydrogen) atoms. The maximum Gasteiger partial charge on any atom is 0.240 e. The maximum absolute atomic E-state index is 13.7. The van der Waals surface area contributed by atoms with Crippen LogP contribution in [0.25, 0.3) is 131 Å². The fourth-order valence-corrected chi connectivity index (χ4v) is 19.4. The summed E-state index contributed by atoms with van der Waals surface area (Å²) in [5.74, 6) is 7.93. The van der Waals surface area contributed by atoms with Crippen LogP contribution in [0.2, 0.25) is 0 Å². The van der Waals surface area contributed by atoms with E-state index in [4.69, 9.17) is 23.4 Å². The number of halogens is 2. The van der Waals surface area contributed by atoms with Crippen LogP contribution in [0.15, 0.2) is 284 Å². The van der Waals surface area contributed by atoms with E-state index in [1.54, 1.807) is 132 Å². The van der Waals surface area contributed by atoms with Crippen LogP contribution in [0, 0.1) is 32.4 Å².